The van der Waals surface area contributed by atoms with E-state index in [1.54, 1.807) is 0 Å². The number of hydrogen-bond donors (Lipinski definition) is 2. The van der Waals surface area contributed by atoms with Gasteiger partial charge in [0.1, 0.15) is 0 Å². The van der Waals surface area contributed by atoms with Crippen molar-refractivity contribution in [1.82, 2.24) is 15.5 Å². The summed E-state index contributed by atoms with van der Waals surface area (Å²) >= 11 is 0. The van der Waals surface area contributed by atoms with Gasteiger partial charge in [-0.25, -0.2) is 0 Å². The van der Waals surface area contributed by atoms with E-state index in [-0.39, 0.29) is 24.0 Å². The summed E-state index contributed by atoms with van der Waals surface area (Å²) in [6.45, 7) is 7.66. The molecule has 1 saturated carbocycles. The molecule has 2 N–H and O–H groups in total. The molecule has 0 aromatic heterocycles. The van der Waals surface area contributed by atoms with E-state index in [1.807, 2.05) is 7.05 Å². The normalized spacial score (nSPS) is 15.8. The molecule has 0 heterocycles. The number of nitrogens with one attached hydrogen (secondary N) is 2. The van der Waals surface area contributed by atoms with Crippen LogP contribution in [0.3, 0.4) is 0 Å². The van der Waals surface area contributed by atoms with Crippen molar-refractivity contribution in [3.8, 4) is 0 Å². The molecule has 1 aromatic carbocycles. The third-order valence-corrected chi connectivity index (χ3v) is 4.48. The Hall–Kier alpha value is -0.820. The van der Waals surface area contributed by atoms with Gasteiger partial charge in [0.25, 0.3) is 0 Å². The molecule has 1 unspecified atom stereocenters. The molecule has 1 aliphatic carbocycles. The Labute approximate surface area is 164 Å². The van der Waals surface area contributed by atoms with Gasteiger partial charge >= 0.3 is 0 Å². The second-order valence-corrected chi connectivity index (χ2v) is 6.43. The summed E-state index contributed by atoms with van der Waals surface area (Å²) < 4.78 is 0. The largest absolute Gasteiger partial charge is 0.355 e. The lowest BCUT2D eigenvalue weighted by molar-refractivity contribution is 0.282. The van der Waals surface area contributed by atoms with Gasteiger partial charge in [-0.1, -0.05) is 37.3 Å². The molecule has 0 bridgehead atoms. The number of nitrogens with zero attached hydrogens (tertiary/aromatic N) is 2. The Bertz CT molecular complexity index is 474. The first-order valence-corrected chi connectivity index (χ1v) is 8.98. The van der Waals surface area contributed by atoms with E-state index in [1.165, 1.54) is 18.4 Å². The van der Waals surface area contributed by atoms with Crippen molar-refractivity contribution >= 4 is 29.9 Å². The minimum absolute atomic E-state index is 0. The Morgan fingerprint density at radius 2 is 2.00 bits per heavy atom. The predicted molar refractivity (Wildman–Crippen MR) is 114 cm³/mol. The average Bonchev–Trinajstić information content (AvgIpc) is 3.41. The molecule has 24 heavy (non-hydrogen) atoms. The minimum Gasteiger partial charge on any atom is -0.355 e. The zero-order valence-electron chi connectivity index (χ0n) is 15.3. The van der Waals surface area contributed by atoms with Gasteiger partial charge in [0.2, 0.25) is 0 Å². The monoisotopic (exact) mass is 444 g/mol. The van der Waals surface area contributed by atoms with Crippen LogP contribution in [0.15, 0.2) is 35.3 Å². The molecule has 0 spiro atoms. The summed E-state index contributed by atoms with van der Waals surface area (Å²) in [5.74, 6) is 0.914. The number of halogens is 1. The lowest BCUT2D eigenvalue weighted by Crippen LogP contribution is -2.45. The van der Waals surface area contributed by atoms with Gasteiger partial charge in [0.05, 0.1) is 0 Å². The summed E-state index contributed by atoms with van der Waals surface area (Å²) in [5.41, 5.74) is 1.40. The fraction of sp³-hybridized carbons (Fsp3) is 0.632. The highest BCUT2D eigenvalue weighted by Gasteiger charge is 2.27. The summed E-state index contributed by atoms with van der Waals surface area (Å²) in [6, 6.07) is 11.9. The van der Waals surface area contributed by atoms with Crippen molar-refractivity contribution in [2.24, 2.45) is 4.99 Å². The molecular weight excluding hydrogens is 411 g/mol. The Kier molecular flexibility index (Phi) is 10.3. The van der Waals surface area contributed by atoms with Crippen molar-refractivity contribution in [2.45, 2.75) is 51.6 Å². The van der Waals surface area contributed by atoms with Crippen LogP contribution < -0.4 is 10.6 Å². The molecule has 1 atom stereocenters. The van der Waals surface area contributed by atoms with E-state index in [0.717, 1.165) is 44.5 Å². The van der Waals surface area contributed by atoms with Gasteiger partial charge in [0.15, 0.2) is 5.96 Å². The highest BCUT2D eigenvalue weighted by atomic mass is 127. The summed E-state index contributed by atoms with van der Waals surface area (Å²) in [7, 11) is 1.84. The van der Waals surface area contributed by atoms with Crippen LogP contribution in [0, 0.1) is 0 Å². The van der Waals surface area contributed by atoms with Gasteiger partial charge < -0.3 is 10.6 Å². The molecule has 0 amide bonds. The summed E-state index contributed by atoms with van der Waals surface area (Å²) in [4.78, 5) is 6.90. The fourth-order valence-electron chi connectivity index (χ4n) is 2.88. The van der Waals surface area contributed by atoms with Crippen molar-refractivity contribution in [3.63, 3.8) is 0 Å². The van der Waals surface area contributed by atoms with Crippen molar-refractivity contribution < 1.29 is 0 Å². The van der Waals surface area contributed by atoms with Gasteiger partial charge in [-0.05, 0) is 44.7 Å². The third-order valence-electron chi connectivity index (χ3n) is 4.48. The highest BCUT2D eigenvalue weighted by Crippen LogP contribution is 2.25. The second kappa shape index (κ2) is 11.7. The van der Waals surface area contributed by atoms with Crippen LogP contribution in [0.2, 0.25) is 0 Å². The van der Waals surface area contributed by atoms with Crippen molar-refractivity contribution in [2.75, 3.05) is 26.7 Å². The third kappa shape index (κ3) is 7.83. The molecule has 4 nitrogen and oxygen atoms in total. The van der Waals surface area contributed by atoms with Gasteiger partial charge in [0, 0.05) is 32.2 Å². The van der Waals surface area contributed by atoms with Crippen LogP contribution in [0.25, 0.3) is 0 Å². The number of likely N-dealkylation sites (N-methyl/N-ethyl adjacent to an activating group) is 1. The van der Waals surface area contributed by atoms with Crippen LogP contribution in [0.1, 0.15) is 38.7 Å². The molecule has 1 fully saturated rings. The zero-order valence-corrected chi connectivity index (χ0v) is 17.6. The molecule has 1 aliphatic rings. The number of rotatable bonds is 9. The Morgan fingerprint density at radius 3 is 2.58 bits per heavy atom. The van der Waals surface area contributed by atoms with Crippen LogP contribution in [-0.4, -0.2) is 49.6 Å². The van der Waals surface area contributed by atoms with Crippen molar-refractivity contribution in [1.29, 1.82) is 0 Å². The Morgan fingerprint density at radius 1 is 1.29 bits per heavy atom. The maximum Gasteiger partial charge on any atom is 0.191 e. The average molecular weight is 444 g/mol. The smallest absolute Gasteiger partial charge is 0.191 e. The molecule has 0 aliphatic heterocycles. The molecule has 136 valence electrons. The maximum absolute atomic E-state index is 4.34. The van der Waals surface area contributed by atoms with Gasteiger partial charge in [-0.15, -0.1) is 24.0 Å². The number of benzene rings is 1. The van der Waals surface area contributed by atoms with E-state index in [0.29, 0.717) is 6.04 Å². The lowest BCUT2D eigenvalue weighted by Gasteiger charge is -2.22. The van der Waals surface area contributed by atoms with Crippen LogP contribution in [0.4, 0.5) is 0 Å². The van der Waals surface area contributed by atoms with E-state index in [2.05, 4.69) is 64.7 Å². The molecular formula is C19H33IN4. The topological polar surface area (TPSA) is 39.7 Å². The lowest BCUT2D eigenvalue weighted by atomic mass is 10.1. The van der Waals surface area contributed by atoms with E-state index < -0.39 is 0 Å². The minimum atomic E-state index is 0. The first kappa shape index (κ1) is 21.2. The predicted octanol–water partition coefficient (Wildman–Crippen LogP) is 3.28. The summed E-state index contributed by atoms with van der Waals surface area (Å²) in [5, 5.41) is 6.94. The first-order chi connectivity index (χ1) is 11.2. The maximum atomic E-state index is 4.34. The van der Waals surface area contributed by atoms with E-state index in [4.69, 9.17) is 0 Å². The number of guanidine groups is 1. The standard InChI is InChI=1S/C19H32N4.HI/c1-4-23(18-12-13-18)15-14-21-19(20-3)22-16(2)10-11-17-8-6-5-7-9-17;/h5-9,16,18H,4,10-15H2,1-3H3,(H2,20,21,22);1H. The molecule has 0 saturated heterocycles. The van der Waals surface area contributed by atoms with Crippen LogP contribution in [0.5, 0.6) is 0 Å². The molecule has 0 radical (unpaired) electrons. The SMILES string of the molecule is CCN(CCNC(=NC)NC(C)CCc1ccccc1)C1CC1.I. The van der Waals surface area contributed by atoms with E-state index >= 15 is 0 Å². The van der Waals surface area contributed by atoms with Crippen LogP contribution in [-0.2, 0) is 6.42 Å². The summed E-state index contributed by atoms with van der Waals surface area (Å²) in [6.07, 6.45) is 4.94. The quantitative estimate of drug-likeness (QED) is 0.349. The van der Waals surface area contributed by atoms with Gasteiger partial charge in [-0.2, -0.15) is 0 Å². The number of aliphatic imine (C=N–C) groups is 1. The van der Waals surface area contributed by atoms with E-state index in [9.17, 15) is 0 Å². The highest BCUT2D eigenvalue weighted by molar-refractivity contribution is 14.0. The molecule has 5 heteroatoms. The molecule has 1 aromatic rings. The fourth-order valence-corrected chi connectivity index (χ4v) is 2.88. The second-order valence-electron chi connectivity index (χ2n) is 6.43. The number of hydrogen-bond acceptors (Lipinski definition) is 2. The van der Waals surface area contributed by atoms with Gasteiger partial charge in [-0.3, -0.25) is 9.89 Å². The number of aryl methyl sites for hydroxylation is 1. The Balaban J connectivity index is 0.00000288. The van der Waals surface area contributed by atoms with Crippen LogP contribution >= 0.6 is 24.0 Å². The zero-order chi connectivity index (χ0) is 16.5. The first-order valence-electron chi connectivity index (χ1n) is 8.98. The van der Waals surface area contributed by atoms with Crippen molar-refractivity contribution in [3.05, 3.63) is 35.9 Å². The molecule has 2 rings (SSSR count).